The summed E-state index contributed by atoms with van der Waals surface area (Å²) in [6, 6.07) is 18.6. The summed E-state index contributed by atoms with van der Waals surface area (Å²) in [4.78, 5) is 16.8. The van der Waals surface area contributed by atoms with E-state index in [2.05, 4.69) is 4.90 Å². The van der Waals surface area contributed by atoms with Crippen molar-refractivity contribution in [2.45, 2.75) is 18.2 Å². The quantitative estimate of drug-likeness (QED) is 0.508. The summed E-state index contributed by atoms with van der Waals surface area (Å²) in [5.41, 5.74) is 3.33. The average Bonchev–Trinajstić information content (AvgIpc) is 3.33. The highest BCUT2D eigenvalue weighted by atomic mass is 32.2. The lowest BCUT2D eigenvalue weighted by molar-refractivity contribution is -0.133. The number of ether oxygens (including phenoxy) is 1. The van der Waals surface area contributed by atoms with Gasteiger partial charge in [0.1, 0.15) is 11.6 Å². The van der Waals surface area contributed by atoms with E-state index in [0.29, 0.717) is 50.5 Å². The van der Waals surface area contributed by atoms with E-state index in [9.17, 15) is 17.6 Å². The van der Waals surface area contributed by atoms with Gasteiger partial charge in [-0.05, 0) is 73.0 Å². The number of hydrogen-bond donors (Lipinski definition) is 0. The van der Waals surface area contributed by atoms with Crippen molar-refractivity contribution in [3.05, 3.63) is 83.7 Å². The molecule has 2 aliphatic rings. The predicted molar refractivity (Wildman–Crippen MR) is 137 cm³/mol. The third-order valence-electron chi connectivity index (χ3n) is 6.75. The van der Waals surface area contributed by atoms with E-state index in [1.165, 1.54) is 22.5 Å². The molecule has 0 aliphatic carbocycles. The Balaban J connectivity index is 1.19. The molecule has 0 saturated carbocycles. The molecule has 0 radical (unpaired) electrons. The molecule has 1 amide bonds. The molecule has 188 valence electrons. The molecule has 0 spiro atoms. The lowest BCUT2D eigenvalue weighted by atomic mass is 10.2. The fourth-order valence-corrected chi connectivity index (χ4v) is 6.31. The molecule has 1 fully saturated rings. The molecule has 7 nitrogen and oxygen atoms in total. The zero-order valence-corrected chi connectivity index (χ0v) is 20.9. The maximum absolute atomic E-state index is 13.3. The van der Waals surface area contributed by atoms with Gasteiger partial charge in [0.25, 0.3) is 15.9 Å². The summed E-state index contributed by atoms with van der Waals surface area (Å²) in [5, 5.41) is 0. The van der Waals surface area contributed by atoms with Crippen LogP contribution in [0.3, 0.4) is 0 Å². The van der Waals surface area contributed by atoms with Crippen LogP contribution in [0.25, 0.3) is 0 Å². The minimum atomic E-state index is -3.69. The standard InChI is InChI=1S/C27H28FN3O4S/c1-20-18-24(36(33,34)31-13-12-21-4-2-3-5-25(21)31)10-11-26(20)35-19-27(32)30-16-14-29(15-17-30)23-8-6-22(28)7-9-23/h2-11,18H,12-17,19H2,1H3. The van der Waals surface area contributed by atoms with E-state index in [0.717, 1.165) is 16.9 Å². The number of nitrogens with zero attached hydrogens (tertiary/aromatic N) is 3. The number of piperazine rings is 1. The second kappa shape index (κ2) is 9.81. The van der Waals surface area contributed by atoms with Crippen molar-refractivity contribution in [3.8, 4) is 5.75 Å². The van der Waals surface area contributed by atoms with Crippen LogP contribution in [-0.2, 0) is 21.2 Å². The molecular formula is C27H28FN3O4S. The molecule has 0 N–H and O–H groups in total. The fourth-order valence-electron chi connectivity index (χ4n) is 4.73. The summed E-state index contributed by atoms with van der Waals surface area (Å²) in [5.74, 6) is 0.0830. The number of carbonyl (C=O) groups is 1. The van der Waals surface area contributed by atoms with Crippen LogP contribution in [0.2, 0.25) is 0 Å². The van der Waals surface area contributed by atoms with Gasteiger partial charge in [0.2, 0.25) is 0 Å². The molecule has 5 rings (SSSR count). The smallest absolute Gasteiger partial charge is 0.264 e. The molecule has 0 aromatic heterocycles. The van der Waals surface area contributed by atoms with Crippen LogP contribution < -0.4 is 13.9 Å². The first kappa shape index (κ1) is 24.1. The lowest BCUT2D eigenvalue weighted by Crippen LogP contribution is -2.50. The fraction of sp³-hybridized carbons (Fsp3) is 0.296. The van der Waals surface area contributed by atoms with Crippen LogP contribution in [-0.4, -0.2) is 58.6 Å². The first-order chi connectivity index (χ1) is 17.3. The molecular weight excluding hydrogens is 481 g/mol. The van der Waals surface area contributed by atoms with Gasteiger partial charge in [0.05, 0.1) is 10.6 Å². The van der Waals surface area contributed by atoms with Crippen LogP contribution in [0.15, 0.2) is 71.6 Å². The maximum atomic E-state index is 13.3. The number of amides is 1. The number of hydrogen-bond acceptors (Lipinski definition) is 5. The number of anilines is 2. The van der Waals surface area contributed by atoms with Gasteiger partial charge in [-0.25, -0.2) is 12.8 Å². The molecule has 0 bridgehead atoms. The van der Waals surface area contributed by atoms with E-state index in [4.69, 9.17) is 4.74 Å². The molecule has 36 heavy (non-hydrogen) atoms. The van der Waals surface area contributed by atoms with Gasteiger partial charge in [-0.3, -0.25) is 9.10 Å². The minimum Gasteiger partial charge on any atom is -0.483 e. The molecule has 2 heterocycles. The normalized spacial score (nSPS) is 15.7. The Morgan fingerprint density at radius 2 is 1.67 bits per heavy atom. The number of aryl methyl sites for hydroxylation is 1. The summed E-state index contributed by atoms with van der Waals surface area (Å²) in [7, 11) is -3.69. The van der Waals surface area contributed by atoms with Crippen molar-refractivity contribution in [2.75, 3.05) is 48.5 Å². The van der Waals surface area contributed by atoms with E-state index in [1.807, 2.05) is 24.3 Å². The van der Waals surface area contributed by atoms with Gasteiger partial charge in [0.15, 0.2) is 6.61 Å². The minimum absolute atomic E-state index is 0.122. The van der Waals surface area contributed by atoms with Crippen molar-refractivity contribution in [1.29, 1.82) is 0 Å². The second-order valence-electron chi connectivity index (χ2n) is 9.02. The number of rotatable bonds is 6. The third-order valence-corrected chi connectivity index (χ3v) is 8.56. The molecule has 0 atom stereocenters. The van der Waals surface area contributed by atoms with Gasteiger partial charge in [-0.15, -0.1) is 0 Å². The Morgan fingerprint density at radius 3 is 2.39 bits per heavy atom. The van der Waals surface area contributed by atoms with Crippen LogP contribution >= 0.6 is 0 Å². The largest absolute Gasteiger partial charge is 0.483 e. The highest BCUT2D eigenvalue weighted by Crippen LogP contribution is 2.33. The van der Waals surface area contributed by atoms with Crippen LogP contribution in [0.4, 0.5) is 15.8 Å². The maximum Gasteiger partial charge on any atom is 0.264 e. The number of fused-ring (bicyclic) bond motifs is 1. The molecule has 0 unspecified atom stereocenters. The summed E-state index contributed by atoms with van der Waals surface area (Å²) in [6.07, 6.45) is 0.690. The predicted octanol–water partition coefficient (Wildman–Crippen LogP) is 3.61. The summed E-state index contributed by atoms with van der Waals surface area (Å²) in [6.45, 7) is 4.48. The number of para-hydroxylation sites is 1. The summed E-state index contributed by atoms with van der Waals surface area (Å²) >= 11 is 0. The van der Waals surface area contributed by atoms with E-state index >= 15 is 0 Å². The molecule has 9 heteroatoms. The topological polar surface area (TPSA) is 70.2 Å². The number of carbonyl (C=O) groups excluding carboxylic acids is 1. The molecule has 2 aliphatic heterocycles. The van der Waals surface area contributed by atoms with Crippen molar-refractivity contribution in [1.82, 2.24) is 4.90 Å². The monoisotopic (exact) mass is 509 g/mol. The summed E-state index contributed by atoms with van der Waals surface area (Å²) < 4.78 is 46.9. The first-order valence-electron chi connectivity index (χ1n) is 12.0. The zero-order valence-electron chi connectivity index (χ0n) is 20.1. The Morgan fingerprint density at radius 1 is 0.944 bits per heavy atom. The first-order valence-corrected chi connectivity index (χ1v) is 13.4. The van der Waals surface area contributed by atoms with Crippen LogP contribution in [0.5, 0.6) is 5.75 Å². The van der Waals surface area contributed by atoms with Gasteiger partial charge in [-0.2, -0.15) is 0 Å². The number of benzene rings is 3. The zero-order chi connectivity index (χ0) is 25.3. The Hall–Kier alpha value is -3.59. The molecule has 3 aromatic carbocycles. The highest BCUT2D eigenvalue weighted by molar-refractivity contribution is 7.92. The lowest BCUT2D eigenvalue weighted by Gasteiger charge is -2.36. The number of halogens is 1. The van der Waals surface area contributed by atoms with E-state index in [1.54, 1.807) is 36.1 Å². The second-order valence-corrected chi connectivity index (χ2v) is 10.9. The SMILES string of the molecule is Cc1cc(S(=O)(=O)N2CCc3ccccc32)ccc1OCC(=O)N1CCN(c2ccc(F)cc2)CC1. The van der Waals surface area contributed by atoms with Gasteiger partial charge < -0.3 is 14.5 Å². The van der Waals surface area contributed by atoms with Crippen molar-refractivity contribution in [2.24, 2.45) is 0 Å². The van der Waals surface area contributed by atoms with Crippen molar-refractivity contribution in [3.63, 3.8) is 0 Å². The Bertz CT molecular complexity index is 1370. The average molecular weight is 510 g/mol. The van der Waals surface area contributed by atoms with E-state index in [-0.39, 0.29) is 23.2 Å². The third kappa shape index (κ3) is 4.75. The van der Waals surface area contributed by atoms with Gasteiger partial charge in [0, 0.05) is 38.4 Å². The van der Waals surface area contributed by atoms with Crippen molar-refractivity contribution >= 4 is 27.3 Å². The van der Waals surface area contributed by atoms with E-state index < -0.39 is 10.0 Å². The van der Waals surface area contributed by atoms with Crippen LogP contribution in [0.1, 0.15) is 11.1 Å². The highest BCUT2D eigenvalue weighted by Gasteiger charge is 2.31. The van der Waals surface area contributed by atoms with Gasteiger partial charge in [-0.1, -0.05) is 18.2 Å². The van der Waals surface area contributed by atoms with Gasteiger partial charge >= 0.3 is 0 Å². The van der Waals surface area contributed by atoms with Crippen molar-refractivity contribution < 1.29 is 22.3 Å². The molecule has 1 saturated heterocycles. The molecule has 3 aromatic rings. The van der Waals surface area contributed by atoms with Crippen LogP contribution in [0, 0.1) is 12.7 Å². The number of sulfonamides is 1. The Kier molecular flexibility index (Phi) is 6.57. The Labute approximate surface area is 210 Å².